The lowest BCUT2D eigenvalue weighted by Gasteiger charge is -2.07. The highest BCUT2D eigenvalue weighted by Gasteiger charge is 2.18. The van der Waals surface area contributed by atoms with E-state index in [1.807, 2.05) is 25.1 Å². The van der Waals surface area contributed by atoms with E-state index in [1.54, 1.807) is 22.7 Å². The van der Waals surface area contributed by atoms with Crippen LogP contribution in [0.4, 0.5) is 5.69 Å². The first-order chi connectivity index (χ1) is 11.1. The lowest BCUT2D eigenvalue weighted by atomic mass is 10.2. The highest BCUT2D eigenvalue weighted by molar-refractivity contribution is 6.05. The van der Waals surface area contributed by atoms with Gasteiger partial charge >= 0.3 is 5.97 Å². The first kappa shape index (κ1) is 14.8. The third kappa shape index (κ3) is 2.78. The number of aryl methyl sites for hydroxylation is 1. The molecule has 0 aliphatic heterocycles. The smallest absolute Gasteiger partial charge is 0.335 e. The van der Waals surface area contributed by atoms with Crippen LogP contribution in [0.2, 0.25) is 0 Å². The van der Waals surface area contributed by atoms with Crippen molar-refractivity contribution >= 4 is 23.2 Å². The van der Waals surface area contributed by atoms with E-state index in [1.165, 1.54) is 12.1 Å². The molecule has 116 valence electrons. The number of aromatic carboxylic acids is 1. The number of anilines is 1. The summed E-state index contributed by atoms with van der Waals surface area (Å²) in [6, 6.07) is 11.7. The number of nitrogens with zero attached hydrogens (tertiary/aromatic N) is 2. The van der Waals surface area contributed by atoms with Gasteiger partial charge in [0.15, 0.2) is 0 Å². The van der Waals surface area contributed by atoms with Crippen LogP contribution < -0.4 is 5.32 Å². The van der Waals surface area contributed by atoms with Crippen molar-refractivity contribution in [3.05, 3.63) is 65.6 Å². The Kier molecular flexibility index (Phi) is 3.80. The van der Waals surface area contributed by atoms with Crippen LogP contribution in [0, 0.1) is 0 Å². The van der Waals surface area contributed by atoms with Crippen molar-refractivity contribution in [2.75, 3.05) is 5.32 Å². The van der Waals surface area contributed by atoms with Gasteiger partial charge in [-0.1, -0.05) is 19.1 Å². The van der Waals surface area contributed by atoms with E-state index in [0.717, 1.165) is 0 Å². The molecule has 6 heteroatoms. The van der Waals surface area contributed by atoms with Gasteiger partial charge in [0.2, 0.25) is 0 Å². The minimum Gasteiger partial charge on any atom is -0.478 e. The molecule has 0 aliphatic rings. The van der Waals surface area contributed by atoms with Crippen LogP contribution in [0.25, 0.3) is 5.65 Å². The van der Waals surface area contributed by atoms with Gasteiger partial charge in [0, 0.05) is 11.9 Å². The second kappa shape index (κ2) is 5.92. The molecule has 0 saturated carbocycles. The number of carboxylic acids is 1. The molecule has 0 radical (unpaired) electrons. The quantitative estimate of drug-likeness (QED) is 0.776. The largest absolute Gasteiger partial charge is 0.478 e. The summed E-state index contributed by atoms with van der Waals surface area (Å²) >= 11 is 0. The number of imidazole rings is 1. The third-order valence-corrected chi connectivity index (χ3v) is 3.52. The number of hydrogen-bond acceptors (Lipinski definition) is 3. The standard InChI is InChI=1S/C17H15N3O3/c1-2-13-15(20-9-4-3-8-14(20)19-13)16(21)18-12-7-5-6-11(10-12)17(22)23/h3-10H,2H2,1H3,(H,18,21)(H,22,23). The predicted octanol–water partition coefficient (Wildman–Crippen LogP) is 2.85. The van der Waals surface area contributed by atoms with E-state index >= 15 is 0 Å². The molecular weight excluding hydrogens is 294 g/mol. The Morgan fingerprint density at radius 3 is 2.78 bits per heavy atom. The average molecular weight is 309 g/mol. The van der Waals surface area contributed by atoms with Crippen LogP contribution in [-0.2, 0) is 6.42 Å². The van der Waals surface area contributed by atoms with Gasteiger partial charge in [0.05, 0.1) is 11.3 Å². The Bertz CT molecular complexity index is 899. The second-order valence-corrected chi connectivity index (χ2v) is 5.03. The van der Waals surface area contributed by atoms with Crippen LogP contribution in [-0.4, -0.2) is 26.4 Å². The molecule has 1 aromatic carbocycles. The summed E-state index contributed by atoms with van der Waals surface area (Å²) in [7, 11) is 0. The summed E-state index contributed by atoms with van der Waals surface area (Å²) in [5.41, 5.74) is 2.42. The molecule has 0 atom stereocenters. The Labute approximate surface area is 132 Å². The van der Waals surface area contributed by atoms with E-state index in [9.17, 15) is 9.59 Å². The number of carboxylic acid groups (broad SMARTS) is 1. The molecule has 23 heavy (non-hydrogen) atoms. The first-order valence-electron chi connectivity index (χ1n) is 7.21. The number of fused-ring (bicyclic) bond motifs is 1. The molecule has 0 spiro atoms. The number of nitrogens with one attached hydrogen (secondary N) is 1. The number of hydrogen-bond donors (Lipinski definition) is 2. The van der Waals surface area contributed by atoms with Gasteiger partial charge in [-0.3, -0.25) is 9.20 Å². The summed E-state index contributed by atoms with van der Waals surface area (Å²) in [5.74, 6) is -1.35. The topological polar surface area (TPSA) is 83.7 Å². The van der Waals surface area contributed by atoms with Crippen LogP contribution in [0.1, 0.15) is 33.5 Å². The normalized spacial score (nSPS) is 10.7. The predicted molar refractivity (Wildman–Crippen MR) is 85.9 cm³/mol. The van der Waals surface area contributed by atoms with Gasteiger partial charge in [-0.05, 0) is 36.8 Å². The molecule has 0 unspecified atom stereocenters. The molecule has 0 aliphatic carbocycles. The SMILES string of the molecule is CCc1nc2ccccn2c1C(=O)Nc1cccc(C(=O)O)c1. The fraction of sp³-hybridized carbons (Fsp3) is 0.118. The summed E-state index contributed by atoms with van der Waals surface area (Å²) in [4.78, 5) is 28.1. The van der Waals surface area contributed by atoms with E-state index in [2.05, 4.69) is 10.3 Å². The highest BCUT2D eigenvalue weighted by atomic mass is 16.4. The summed E-state index contributed by atoms with van der Waals surface area (Å²) in [5, 5.41) is 11.8. The van der Waals surface area contributed by atoms with Crippen molar-refractivity contribution in [1.29, 1.82) is 0 Å². The summed E-state index contributed by atoms with van der Waals surface area (Å²) < 4.78 is 1.73. The number of carbonyl (C=O) groups is 2. The Morgan fingerprint density at radius 1 is 1.22 bits per heavy atom. The van der Waals surface area contributed by atoms with Gasteiger partial charge in [0.1, 0.15) is 11.3 Å². The fourth-order valence-corrected chi connectivity index (χ4v) is 2.45. The number of pyridine rings is 1. The lowest BCUT2D eigenvalue weighted by Crippen LogP contribution is -2.16. The van der Waals surface area contributed by atoms with E-state index in [4.69, 9.17) is 5.11 Å². The number of rotatable bonds is 4. The maximum atomic E-state index is 12.6. The molecule has 1 amide bonds. The first-order valence-corrected chi connectivity index (χ1v) is 7.21. The van der Waals surface area contributed by atoms with Crippen molar-refractivity contribution < 1.29 is 14.7 Å². The molecule has 0 bridgehead atoms. The van der Waals surface area contributed by atoms with E-state index in [0.29, 0.717) is 29.1 Å². The number of benzene rings is 1. The molecule has 2 aromatic heterocycles. The van der Waals surface area contributed by atoms with Gasteiger partial charge in [-0.25, -0.2) is 9.78 Å². The van der Waals surface area contributed by atoms with Crippen LogP contribution in [0.15, 0.2) is 48.7 Å². The Morgan fingerprint density at radius 2 is 2.04 bits per heavy atom. The fourth-order valence-electron chi connectivity index (χ4n) is 2.45. The van der Waals surface area contributed by atoms with E-state index in [-0.39, 0.29) is 11.5 Å². The van der Waals surface area contributed by atoms with Crippen molar-refractivity contribution in [1.82, 2.24) is 9.38 Å². The van der Waals surface area contributed by atoms with Crippen LogP contribution in [0.5, 0.6) is 0 Å². The number of amides is 1. The number of carbonyl (C=O) groups excluding carboxylic acids is 1. The highest BCUT2D eigenvalue weighted by Crippen LogP contribution is 2.17. The van der Waals surface area contributed by atoms with Crippen molar-refractivity contribution in [3.8, 4) is 0 Å². The average Bonchev–Trinajstić information content (AvgIpc) is 2.93. The second-order valence-electron chi connectivity index (χ2n) is 5.03. The molecule has 3 aromatic rings. The zero-order chi connectivity index (χ0) is 16.4. The zero-order valence-corrected chi connectivity index (χ0v) is 12.5. The Hall–Kier alpha value is -3.15. The van der Waals surface area contributed by atoms with E-state index < -0.39 is 5.97 Å². The van der Waals surface area contributed by atoms with Crippen LogP contribution >= 0.6 is 0 Å². The minimum absolute atomic E-state index is 0.122. The maximum Gasteiger partial charge on any atom is 0.335 e. The van der Waals surface area contributed by atoms with Gasteiger partial charge in [0.25, 0.3) is 5.91 Å². The molecule has 2 heterocycles. The molecule has 0 saturated heterocycles. The molecule has 2 N–H and O–H groups in total. The molecular formula is C17H15N3O3. The monoisotopic (exact) mass is 309 g/mol. The van der Waals surface area contributed by atoms with Crippen molar-refractivity contribution in [3.63, 3.8) is 0 Å². The molecule has 3 rings (SSSR count). The number of aromatic nitrogens is 2. The molecule has 0 fully saturated rings. The van der Waals surface area contributed by atoms with Crippen molar-refractivity contribution in [2.45, 2.75) is 13.3 Å². The summed E-state index contributed by atoms with van der Waals surface area (Å²) in [6.07, 6.45) is 2.41. The van der Waals surface area contributed by atoms with Gasteiger partial charge in [-0.15, -0.1) is 0 Å². The lowest BCUT2D eigenvalue weighted by molar-refractivity contribution is 0.0696. The molecule has 6 nitrogen and oxygen atoms in total. The van der Waals surface area contributed by atoms with Crippen LogP contribution in [0.3, 0.4) is 0 Å². The van der Waals surface area contributed by atoms with Gasteiger partial charge in [-0.2, -0.15) is 0 Å². The minimum atomic E-state index is -1.04. The Balaban J connectivity index is 1.98. The zero-order valence-electron chi connectivity index (χ0n) is 12.5. The van der Waals surface area contributed by atoms with Gasteiger partial charge < -0.3 is 10.4 Å². The third-order valence-electron chi connectivity index (χ3n) is 3.52. The maximum absolute atomic E-state index is 12.6. The summed E-state index contributed by atoms with van der Waals surface area (Å²) in [6.45, 7) is 1.93. The van der Waals surface area contributed by atoms with Crippen molar-refractivity contribution in [2.24, 2.45) is 0 Å².